The molecule has 0 saturated carbocycles. The second kappa shape index (κ2) is 6.82. The SMILES string of the molecule is Cc1nn(-c2ccccc2)c2nc(N)c(C#N)c(-c3ccc(C(C)C)cc3)c12. The summed E-state index contributed by atoms with van der Waals surface area (Å²) in [5, 5.41) is 15.3. The van der Waals surface area contributed by atoms with E-state index in [9.17, 15) is 5.26 Å². The Labute approximate surface area is 164 Å². The van der Waals surface area contributed by atoms with Crippen LogP contribution in [0, 0.1) is 18.3 Å². The zero-order valence-corrected chi connectivity index (χ0v) is 16.1. The van der Waals surface area contributed by atoms with Crippen LogP contribution in [0.3, 0.4) is 0 Å². The highest BCUT2D eigenvalue weighted by Gasteiger charge is 2.21. The monoisotopic (exact) mass is 367 g/mol. The number of hydrogen-bond acceptors (Lipinski definition) is 4. The number of nitrogen functional groups attached to an aromatic ring is 1. The summed E-state index contributed by atoms with van der Waals surface area (Å²) in [6, 6.07) is 20.3. The molecule has 0 radical (unpaired) electrons. The number of aromatic nitrogens is 3. The van der Waals surface area contributed by atoms with Crippen molar-refractivity contribution in [2.45, 2.75) is 26.7 Å². The number of benzene rings is 2. The van der Waals surface area contributed by atoms with Gasteiger partial charge in [-0.3, -0.25) is 0 Å². The summed E-state index contributed by atoms with van der Waals surface area (Å²) in [5.74, 6) is 0.657. The van der Waals surface area contributed by atoms with E-state index in [1.54, 1.807) is 4.68 Å². The van der Waals surface area contributed by atoms with Gasteiger partial charge in [0.05, 0.1) is 16.8 Å². The van der Waals surface area contributed by atoms with E-state index < -0.39 is 0 Å². The van der Waals surface area contributed by atoms with Crippen LogP contribution in [-0.4, -0.2) is 14.8 Å². The average Bonchev–Trinajstić information content (AvgIpc) is 3.03. The molecule has 0 unspecified atom stereocenters. The van der Waals surface area contributed by atoms with Crippen LogP contribution in [0.25, 0.3) is 27.8 Å². The number of hydrogen-bond donors (Lipinski definition) is 1. The maximum absolute atomic E-state index is 9.78. The van der Waals surface area contributed by atoms with Gasteiger partial charge >= 0.3 is 0 Å². The lowest BCUT2D eigenvalue weighted by Crippen LogP contribution is -2.02. The van der Waals surface area contributed by atoms with E-state index in [2.05, 4.69) is 37.0 Å². The Morgan fingerprint density at radius 2 is 1.71 bits per heavy atom. The minimum Gasteiger partial charge on any atom is -0.383 e. The summed E-state index contributed by atoms with van der Waals surface area (Å²) in [6.07, 6.45) is 0. The van der Waals surface area contributed by atoms with Crippen molar-refractivity contribution in [3.05, 3.63) is 71.4 Å². The lowest BCUT2D eigenvalue weighted by atomic mass is 9.94. The van der Waals surface area contributed by atoms with E-state index >= 15 is 0 Å². The first-order valence-corrected chi connectivity index (χ1v) is 9.26. The number of nitrogens with zero attached hydrogens (tertiary/aromatic N) is 4. The van der Waals surface area contributed by atoms with Gasteiger partial charge < -0.3 is 5.73 Å². The van der Waals surface area contributed by atoms with Gasteiger partial charge in [0.25, 0.3) is 0 Å². The van der Waals surface area contributed by atoms with E-state index in [1.165, 1.54) is 5.56 Å². The summed E-state index contributed by atoms with van der Waals surface area (Å²) in [7, 11) is 0. The Morgan fingerprint density at radius 3 is 2.32 bits per heavy atom. The van der Waals surface area contributed by atoms with Gasteiger partial charge in [0.15, 0.2) is 5.65 Å². The highest BCUT2D eigenvalue weighted by Crippen LogP contribution is 2.36. The highest BCUT2D eigenvalue weighted by atomic mass is 15.3. The Bertz CT molecular complexity index is 1200. The molecule has 0 aliphatic rings. The Balaban J connectivity index is 2.05. The van der Waals surface area contributed by atoms with Gasteiger partial charge in [-0.2, -0.15) is 10.4 Å². The number of fused-ring (bicyclic) bond motifs is 1. The molecule has 5 nitrogen and oxygen atoms in total. The number of nitriles is 1. The lowest BCUT2D eigenvalue weighted by Gasteiger charge is -2.12. The molecule has 0 bridgehead atoms. The fourth-order valence-corrected chi connectivity index (χ4v) is 3.52. The fraction of sp³-hybridized carbons (Fsp3) is 0.174. The number of para-hydroxylation sites is 1. The normalized spacial score (nSPS) is 11.1. The molecule has 2 heterocycles. The number of nitrogens with two attached hydrogens (primary N) is 1. The molecule has 0 aliphatic carbocycles. The van der Waals surface area contributed by atoms with Crippen LogP contribution >= 0.6 is 0 Å². The molecule has 4 aromatic rings. The van der Waals surface area contributed by atoms with Crippen LogP contribution in [0.1, 0.15) is 36.6 Å². The van der Waals surface area contributed by atoms with Crippen molar-refractivity contribution in [3.8, 4) is 22.9 Å². The standard InChI is InChI=1S/C23H21N5/c1-14(2)16-9-11-17(12-10-16)21-19(13-24)22(25)26-23-20(21)15(3)27-28(23)18-7-5-4-6-8-18/h4-12,14H,1-3H3,(H2,25,26). The molecule has 5 heteroatoms. The van der Waals surface area contributed by atoms with Crippen molar-refractivity contribution < 1.29 is 0 Å². The predicted octanol–water partition coefficient (Wildman–Crippen LogP) is 4.97. The van der Waals surface area contributed by atoms with Gasteiger partial charge in [-0.15, -0.1) is 0 Å². The summed E-state index contributed by atoms with van der Waals surface area (Å²) in [5.41, 5.74) is 11.9. The first kappa shape index (κ1) is 17.7. The van der Waals surface area contributed by atoms with Crippen molar-refractivity contribution >= 4 is 16.9 Å². The molecule has 2 aromatic carbocycles. The van der Waals surface area contributed by atoms with Crippen molar-refractivity contribution in [2.24, 2.45) is 0 Å². The molecule has 4 rings (SSSR count). The molecule has 28 heavy (non-hydrogen) atoms. The summed E-state index contributed by atoms with van der Waals surface area (Å²) in [6.45, 7) is 6.26. The maximum atomic E-state index is 9.78. The van der Waals surface area contributed by atoms with Crippen molar-refractivity contribution in [2.75, 3.05) is 5.73 Å². The second-order valence-corrected chi connectivity index (χ2v) is 7.17. The Kier molecular flexibility index (Phi) is 4.32. The zero-order valence-electron chi connectivity index (χ0n) is 16.1. The topological polar surface area (TPSA) is 80.5 Å². The summed E-state index contributed by atoms with van der Waals surface area (Å²) in [4.78, 5) is 4.53. The molecule has 138 valence electrons. The van der Waals surface area contributed by atoms with E-state index in [4.69, 9.17) is 10.8 Å². The van der Waals surface area contributed by atoms with Crippen molar-refractivity contribution in [1.82, 2.24) is 14.8 Å². The Morgan fingerprint density at radius 1 is 1.04 bits per heavy atom. The molecule has 0 atom stereocenters. The van der Waals surface area contributed by atoms with E-state index in [0.29, 0.717) is 17.1 Å². The van der Waals surface area contributed by atoms with Crippen molar-refractivity contribution in [3.63, 3.8) is 0 Å². The lowest BCUT2D eigenvalue weighted by molar-refractivity contribution is 0.867. The molecule has 2 N–H and O–H groups in total. The minimum absolute atomic E-state index is 0.218. The zero-order chi connectivity index (χ0) is 19.8. The first-order chi connectivity index (χ1) is 13.5. The van der Waals surface area contributed by atoms with Crippen LogP contribution in [0.15, 0.2) is 54.6 Å². The Hall–Kier alpha value is -3.65. The van der Waals surface area contributed by atoms with E-state index in [1.807, 2.05) is 49.4 Å². The van der Waals surface area contributed by atoms with Crippen LogP contribution in [0.4, 0.5) is 5.82 Å². The van der Waals surface area contributed by atoms with E-state index in [0.717, 1.165) is 27.9 Å². The number of aryl methyl sites for hydroxylation is 1. The molecule has 0 fully saturated rings. The number of pyridine rings is 1. The second-order valence-electron chi connectivity index (χ2n) is 7.17. The minimum atomic E-state index is 0.218. The smallest absolute Gasteiger partial charge is 0.166 e. The van der Waals surface area contributed by atoms with Crippen molar-refractivity contribution in [1.29, 1.82) is 5.26 Å². The molecule has 0 spiro atoms. The molecular weight excluding hydrogens is 346 g/mol. The van der Waals surface area contributed by atoms with Crippen LogP contribution in [-0.2, 0) is 0 Å². The summed E-state index contributed by atoms with van der Waals surface area (Å²) < 4.78 is 1.79. The highest BCUT2D eigenvalue weighted by molar-refractivity contribution is 6.00. The average molecular weight is 367 g/mol. The number of anilines is 1. The molecule has 0 aliphatic heterocycles. The van der Waals surface area contributed by atoms with Gasteiger partial charge in [-0.25, -0.2) is 9.67 Å². The summed E-state index contributed by atoms with van der Waals surface area (Å²) >= 11 is 0. The molecule has 0 amide bonds. The molecule has 2 aromatic heterocycles. The van der Waals surface area contributed by atoms with Crippen LogP contribution in [0.2, 0.25) is 0 Å². The van der Waals surface area contributed by atoms with Gasteiger partial charge in [0.1, 0.15) is 17.5 Å². The molecular formula is C23H21N5. The largest absolute Gasteiger partial charge is 0.383 e. The van der Waals surface area contributed by atoms with Gasteiger partial charge in [0.2, 0.25) is 0 Å². The van der Waals surface area contributed by atoms with Gasteiger partial charge in [0, 0.05) is 5.56 Å². The third-order valence-corrected chi connectivity index (χ3v) is 5.00. The van der Waals surface area contributed by atoms with Gasteiger partial charge in [-0.05, 0) is 36.1 Å². The van der Waals surface area contributed by atoms with Crippen LogP contribution < -0.4 is 5.73 Å². The third kappa shape index (κ3) is 2.80. The van der Waals surface area contributed by atoms with Crippen LogP contribution in [0.5, 0.6) is 0 Å². The quantitative estimate of drug-likeness (QED) is 0.554. The maximum Gasteiger partial charge on any atom is 0.166 e. The third-order valence-electron chi connectivity index (χ3n) is 5.00. The number of rotatable bonds is 3. The molecule has 0 saturated heterocycles. The first-order valence-electron chi connectivity index (χ1n) is 9.26. The van der Waals surface area contributed by atoms with E-state index in [-0.39, 0.29) is 5.82 Å². The van der Waals surface area contributed by atoms with Gasteiger partial charge in [-0.1, -0.05) is 56.3 Å². The predicted molar refractivity (Wildman–Crippen MR) is 112 cm³/mol. The fourth-order valence-electron chi connectivity index (χ4n) is 3.52.